The average molecular weight is 271 g/mol. The van der Waals surface area contributed by atoms with Gasteiger partial charge in [0.2, 0.25) is 0 Å². The summed E-state index contributed by atoms with van der Waals surface area (Å²) in [7, 11) is 0. The Morgan fingerprint density at radius 1 is 1.39 bits per heavy atom. The third kappa shape index (κ3) is 3.77. The van der Waals surface area contributed by atoms with Crippen molar-refractivity contribution >= 4 is 17.4 Å². The van der Waals surface area contributed by atoms with Crippen molar-refractivity contribution in [2.75, 3.05) is 32.7 Å². The Labute approximate surface area is 111 Å². The molecule has 0 amide bonds. The number of hydrogen-bond acceptors (Lipinski definition) is 3. The second kappa shape index (κ2) is 6.27. The van der Waals surface area contributed by atoms with E-state index >= 15 is 0 Å². The first kappa shape index (κ1) is 13.5. The highest BCUT2D eigenvalue weighted by Crippen LogP contribution is 2.17. The van der Waals surface area contributed by atoms with Crippen LogP contribution in [0.4, 0.5) is 4.39 Å². The number of piperazine rings is 1. The highest BCUT2D eigenvalue weighted by atomic mass is 35.5. The fraction of sp³-hybridized carbons (Fsp3) is 0.462. The number of halogens is 2. The summed E-state index contributed by atoms with van der Waals surface area (Å²) in [6, 6.07) is 4.12. The van der Waals surface area contributed by atoms with Crippen molar-refractivity contribution in [1.29, 1.82) is 0 Å². The van der Waals surface area contributed by atoms with Gasteiger partial charge in [0.15, 0.2) is 5.78 Å². The van der Waals surface area contributed by atoms with Crippen molar-refractivity contribution in [1.82, 2.24) is 10.2 Å². The van der Waals surface area contributed by atoms with E-state index in [2.05, 4.69) is 10.2 Å². The van der Waals surface area contributed by atoms with E-state index in [0.29, 0.717) is 17.1 Å². The fourth-order valence-corrected chi connectivity index (χ4v) is 2.25. The monoisotopic (exact) mass is 270 g/mol. The van der Waals surface area contributed by atoms with Crippen LogP contribution in [0.1, 0.15) is 5.56 Å². The van der Waals surface area contributed by atoms with Crippen LogP contribution in [-0.2, 0) is 11.2 Å². The Morgan fingerprint density at radius 2 is 2.11 bits per heavy atom. The predicted octanol–water partition coefficient (Wildman–Crippen LogP) is 1.50. The summed E-state index contributed by atoms with van der Waals surface area (Å²) in [5.74, 6) is -0.284. The molecule has 3 nitrogen and oxygen atoms in total. The van der Waals surface area contributed by atoms with Gasteiger partial charge in [0, 0.05) is 37.6 Å². The molecule has 0 aromatic heterocycles. The molecule has 98 valence electrons. The van der Waals surface area contributed by atoms with E-state index in [0.717, 1.165) is 26.2 Å². The van der Waals surface area contributed by atoms with Gasteiger partial charge in [-0.05, 0) is 23.8 Å². The summed E-state index contributed by atoms with van der Waals surface area (Å²) in [5, 5.41) is 3.68. The van der Waals surface area contributed by atoms with Crippen molar-refractivity contribution in [2.24, 2.45) is 0 Å². The maximum absolute atomic E-state index is 13.1. The van der Waals surface area contributed by atoms with Crippen LogP contribution < -0.4 is 5.32 Å². The third-order valence-electron chi connectivity index (χ3n) is 3.00. The number of rotatable bonds is 4. The van der Waals surface area contributed by atoms with E-state index in [4.69, 9.17) is 11.6 Å². The van der Waals surface area contributed by atoms with Gasteiger partial charge in [0.25, 0.3) is 0 Å². The molecule has 5 heteroatoms. The zero-order valence-corrected chi connectivity index (χ0v) is 10.8. The number of nitrogens with one attached hydrogen (secondary N) is 1. The standard InChI is InChI=1S/C13H16ClFN2O/c14-13-2-1-11(15)7-10(13)8-12(18)9-17-5-3-16-4-6-17/h1-2,7,16H,3-6,8-9H2. The van der Waals surface area contributed by atoms with Crippen LogP contribution in [0.5, 0.6) is 0 Å². The molecule has 0 saturated carbocycles. The minimum Gasteiger partial charge on any atom is -0.314 e. The van der Waals surface area contributed by atoms with Crippen LogP contribution in [0.25, 0.3) is 0 Å². The van der Waals surface area contributed by atoms with Gasteiger partial charge in [-0.25, -0.2) is 4.39 Å². The van der Waals surface area contributed by atoms with E-state index in [1.165, 1.54) is 18.2 Å². The van der Waals surface area contributed by atoms with Gasteiger partial charge in [-0.2, -0.15) is 0 Å². The predicted molar refractivity (Wildman–Crippen MR) is 69.4 cm³/mol. The quantitative estimate of drug-likeness (QED) is 0.900. The van der Waals surface area contributed by atoms with Crippen LogP contribution in [0, 0.1) is 5.82 Å². The molecule has 1 N–H and O–H groups in total. The van der Waals surface area contributed by atoms with Gasteiger partial charge >= 0.3 is 0 Å². The lowest BCUT2D eigenvalue weighted by atomic mass is 10.1. The number of nitrogens with zero attached hydrogens (tertiary/aromatic N) is 1. The summed E-state index contributed by atoms with van der Waals surface area (Å²) >= 11 is 5.94. The largest absolute Gasteiger partial charge is 0.314 e. The number of carbonyl (C=O) groups is 1. The number of Topliss-reactive ketones (excluding diaryl/α,β-unsaturated/α-hetero) is 1. The second-order valence-corrected chi connectivity index (χ2v) is 4.88. The molecule has 1 aromatic carbocycles. The smallest absolute Gasteiger partial charge is 0.151 e. The van der Waals surface area contributed by atoms with Crippen molar-refractivity contribution in [2.45, 2.75) is 6.42 Å². The first-order valence-electron chi connectivity index (χ1n) is 6.04. The molecule has 1 heterocycles. The zero-order valence-electron chi connectivity index (χ0n) is 10.1. The van der Waals surface area contributed by atoms with Crippen molar-refractivity contribution in [3.05, 3.63) is 34.6 Å². The van der Waals surface area contributed by atoms with Gasteiger partial charge in [0.05, 0.1) is 6.54 Å². The Morgan fingerprint density at radius 3 is 2.83 bits per heavy atom. The molecule has 1 aliphatic rings. The van der Waals surface area contributed by atoms with Crippen molar-refractivity contribution in [3.63, 3.8) is 0 Å². The van der Waals surface area contributed by atoms with E-state index in [9.17, 15) is 9.18 Å². The lowest BCUT2D eigenvalue weighted by Crippen LogP contribution is -2.45. The minimum absolute atomic E-state index is 0.0735. The Hall–Kier alpha value is -0.970. The molecule has 1 aliphatic heterocycles. The fourth-order valence-electron chi connectivity index (χ4n) is 2.07. The van der Waals surface area contributed by atoms with Crippen LogP contribution in [0.2, 0.25) is 5.02 Å². The van der Waals surface area contributed by atoms with Crippen LogP contribution >= 0.6 is 11.6 Å². The highest BCUT2D eigenvalue weighted by molar-refractivity contribution is 6.31. The maximum atomic E-state index is 13.1. The average Bonchev–Trinajstić information content (AvgIpc) is 2.35. The van der Waals surface area contributed by atoms with Gasteiger partial charge in [-0.3, -0.25) is 9.69 Å². The van der Waals surface area contributed by atoms with Crippen molar-refractivity contribution in [3.8, 4) is 0 Å². The number of hydrogen-bond donors (Lipinski definition) is 1. The van der Waals surface area contributed by atoms with Crippen LogP contribution in [0.3, 0.4) is 0 Å². The van der Waals surface area contributed by atoms with Gasteiger partial charge in [0.1, 0.15) is 5.82 Å². The molecule has 0 radical (unpaired) electrons. The molecule has 2 rings (SSSR count). The van der Waals surface area contributed by atoms with E-state index < -0.39 is 0 Å². The second-order valence-electron chi connectivity index (χ2n) is 4.48. The van der Waals surface area contributed by atoms with Crippen LogP contribution in [0.15, 0.2) is 18.2 Å². The summed E-state index contributed by atoms with van der Waals surface area (Å²) < 4.78 is 13.1. The highest BCUT2D eigenvalue weighted by Gasteiger charge is 2.15. The molecule has 0 spiro atoms. The van der Waals surface area contributed by atoms with Gasteiger partial charge in [-0.1, -0.05) is 11.6 Å². The molecule has 0 atom stereocenters. The molecule has 1 aromatic rings. The first-order chi connectivity index (χ1) is 8.65. The number of carbonyl (C=O) groups excluding carboxylic acids is 1. The first-order valence-corrected chi connectivity index (χ1v) is 6.41. The number of ketones is 1. The molecule has 1 fully saturated rings. The van der Waals surface area contributed by atoms with Gasteiger partial charge < -0.3 is 5.32 Å². The van der Waals surface area contributed by atoms with E-state index in [1.54, 1.807) is 0 Å². The molecule has 0 bridgehead atoms. The van der Waals surface area contributed by atoms with Crippen molar-refractivity contribution < 1.29 is 9.18 Å². The zero-order chi connectivity index (χ0) is 13.0. The lowest BCUT2D eigenvalue weighted by Gasteiger charge is -2.26. The van der Waals surface area contributed by atoms with Gasteiger partial charge in [-0.15, -0.1) is 0 Å². The topological polar surface area (TPSA) is 32.3 Å². The Kier molecular flexibility index (Phi) is 4.69. The molecule has 18 heavy (non-hydrogen) atoms. The SMILES string of the molecule is O=C(Cc1cc(F)ccc1Cl)CN1CCNCC1. The molecule has 0 aliphatic carbocycles. The summed E-state index contributed by atoms with van der Waals surface area (Å²) in [6.07, 6.45) is 0.195. The normalized spacial score (nSPS) is 16.8. The molecule has 1 saturated heterocycles. The Balaban J connectivity index is 1.92. The lowest BCUT2D eigenvalue weighted by molar-refractivity contribution is -0.119. The van der Waals surface area contributed by atoms with Crippen LogP contribution in [-0.4, -0.2) is 43.4 Å². The molecular weight excluding hydrogens is 255 g/mol. The Bertz CT molecular complexity index is 433. The van der Waals surface area contributed by atoms with E-state index in [-0.39, 0.29) is 18.0 Å². The maximum Gasteiger partial charge on any atom is 0.151 e. The molecular formula is C13H16ClFN2O. The van der Waals surface area contributed by atoms with E-state index in [1.807, 2.05) is 0 Å². The summed E-state index contributed by atoms with van der Waals surface area (Å²) in [4.78, 5) is 14.0. The summed E-state index contributed by atoms with van der Waals surface area (Å²) in [6.45, 7) is 3.99. The molecule has 0 unspecified atom stereocenters. The summed E-state index contributed by atoms with van der Waals surface area (Å²) in [5.41, 5.74) is 0.566. The number of benzene rings is 1. The third-order valence-corrected chi connectivity index (χ3v) is 3.37. The minimum atomic E-state index is -0.357.